The van der Waals surface area contributed by atoms with Gasteiger partial charge in [-0.25, -0.2) is 0 Å². The Morgan fingerprint density at radius 2 is 0.784 bits per heavy atom. The standard InChI is InChI=1S/C48H44BGeN/c1-33-29-35(3)47(36(4)30-33)49(48-37(5)31-34(2)32-38(48)6)39-25-27-42(28-26-39)51-45-23-15-13-21-43(45)50(40-17-9-7-10-18-40,41-19-11-8-12-20-41)44-22-14-16-24-46(44)51/h7-32H,1-6H3. The molecule has 1 heterocycles. The van der Waals surface area contributed by atoms with Crippen molar-refractivity contribution in [2.75, 3.05) is 4.90 Å². The number of nitrogens with zero attached hydrogens (tertiary/aromatic N) is 1. The zero-order valence-corrected chi connectivity index (χ0v) is 32.6. The van der Waals surface area contributed by atoms with Gasteiger partial charge in [0.2, 0.25) is 0 Å². The van der Waals surface area contributed by atoms with Crippen LogP contribution >= 0.6 is 0 Å². The molecule has 0 saturated carbocycles. The maximum absolute atomic E-state index is 3.40. The first-order chi connectivity index (χ1) is 24.8. The van der Waals surface area contributed by atoms with E-state index in [2.05, 4.69) is 204 Å². The van der Waals surface area contributed by atoms with Gasteiger partial charge in [0.15, 0.2) is 0 Å². The molecule has 8 rings (SSSR count). The van der Waals surface area contributed by atoms with Crippen molar-refractivity contribution in [2.24, 2.45) is 0 Å². The molecule has 0 fully saturated rings. The first kappa shape index (κ1) is 33.1. The van der Waals surface area contributed by atoms with E-state index in [1.165, 1.54) is 84.4 Å². The Kier molecular flexibility index (Phi) is 8.60. The van der Waals surface area contributed by atoms with Crippen LogP contribution in [0.2, 0.25) is 0 Å². The van der Waals surface area contributed by atoms with Crippen molar-refractivity contribution in [3.05, 3.63) is 191 Å². The van der Waals surface area contributed by atoms with Crippen molar-refractivity contribution in [2.45, 2.75) is 41.5 Å². The number of hydrogen-bond acceptors (Lipinski definition) is 1. The van der Waals surface area contributed by atoms with E-state index in [1.807, 2.05) is 0 Å². The number of para-hydroxylation sites is 2. The summed E-state index contributed by atoms with van der Waals surface area (Å²) in [6.07, 6.45) is 0. The second-order valence-corrected chi connectivity index (χ2v) is 22.3. The molecule has 1 nitrogen and oxygen atoms in total. The Balaban J connectivity index is 1.34. The van der Waals surface area contributed by atoms with E-state index in [-0.39, 0.29) is 6.71 Å². The van der Waals surface area contributed by atoms with Crippen LogP contribution in [0.15, 0.2) is 158 Å². The fraction of sp³-hybridized carbons (Fsp3) is 0.125. The summed E-state index contributed by atoms with van der Waals surface area (Å²) < 4.78 is 5.84. The number of rotatable bonds is 6. The zero-order valence-electron chi connectivity index (χ0n) is 30.5. The fourth-order valence-electron chi connectivity index (χ4n) is 9.28. The number of hydrogen-bond donors (Lipinski definition) is 0. The fourth-order valence-corrected chi connectivity index (χ4v) is 20.0. The summed E-state index contributed by atoms with van der Waals surface area (Å²) in [6.45, 7) is 13.7. The number of aryl methyl sites for hydroxylation is 6. The third-order valence-electron chi connectivity index (χ3n) is 11.0. The Bertz CT molecular complexity index is 2190. The molecular formula is C48H44BGeN. The third-order valence-corrected chi connectivity index (χ3v) is 21.2. The SMILES string of the molecule is Cc1cc(C)c(B(c2ccc(N3c4cccc[c]4[Ge]([c]4ccccc4)([c]4ccccc4)[c]4ccccc43)cc2)c2c(C)cc(C)cc2C)c(C)c1. The van der Waals surface area contributed by atoms with Crippen molar-refractivity contribution in [3.8, 4) is 0 Å². The van der Waals surface area contributed by atoms with Gasteiger partial charge < -0.3 is 0 Å². The summed E-state index contributed by atoms with van der Waals surface area (Å²) in [5.74, 6) is 0. The predicted octanol–water partition coefficient (Wildman–Crippen LogP) is 7.21. The molecule has 0 radical (unpaired) electrons. The predicted molar refractivity (Wildman–Crippen MR) is 224 cm³/mol. The van der Waals surface area contributed by atoms with Crippen LogP contribution in [-0.4, -0.2) is 20.0 Å². The van der Waals surface area contributed by atoms with Gasteiger partial charge in [0.25, 0.3) is 0 Å². The van der Waals surface area contributed by atoms with Crippen LogP contribution in [0, 0.1) is 41.5 Å². The zero-order chi connectivity index (χ0) is 35.3. The van der Waals surface area contributed by atoms with E-state index >= 15 is 0 Å². The second-order valence-electron chi connectivity index (χ2n) is 14.5. The van der Waals surface area contributed by atoms with Crippen molar-refractivity contribution in [1.82, 2.24) is 0 Å². The van der Waals surface area contributed by atoms with Crippen molar-refractivity contribution in [1.29, 1.82) is 0 Å². The average Bonchev–Trinajstić information content (AvgIpc) is 3.13. The Morgan fingerprint density at radius 3 is 1.20 bits per heavy atom. The molecule has 0 atom stereocenters. The van der Waals surface area contributed by atoms with E-state index < -0.39 is 13.3 Å². The van der Waals surface area contributed by atoms with E-state index in [4.69, 9.17) is 0 Å². The van der Waals surface area contributed by atoms with Gasteiger partial charge in [0, 0.05) is 0 Å². The van der Waals surface area contributed by atoms with Crippen molar-refractivity contribution in [3.63, 3.8) is 0 Å². The van der Waals surface area contributed by atoms with Crippen LogP contribution in [0.25, 0.3) is 0 Å². The Morgan fingerprint density at radius 1 is 0.412 bits per heavy atom. The van der Waals surface area contributed by atoms with Crippen LogP contribution in [0.1, 0.15) is 33.4 Å². The molecule has 7 aromatic rings. The molecule has 0 amide bonds. The van der Waals surface area contributed by atoms with E-state index in [0.29, 0.717) is 0 Å². The van der Waals surface area contributed by atoms with Gasteiger partial charge in [-0.2, -0.15) is 0 Å². The third kappa shape index (κ3) is 5.48. The molecule has 1 aliphatic heterocycles. The van der Waals surface area contributed by atoms with Gasteiger partial charge in [-0.15, -0.1) is 0 Å². The van der Waals surface area contributed by atoms with Gasteiger partial charge in [0.05, 0.1) is 0 Å². The summed E-state index contributed by atoms with van der Waals surface area (Å²) in [4.78, 5) is 2.52. The van der Waals surface area contributed by atoms with Crippen LogP contribution in [0.4, 0.5) is 17.1 Å². The molecule has 0 N–H and O–H groups in total. The van der Waals surface area contributed by atoms with Gasteiger partial charge >= 0.3 is 295 Å². The molecule has 0 aromatic heterocycles. The molecule has 51 heavy (non-hydrogen) atoms. The van der Waals surface area contributed by atoms with Crippen molar-refractivity contribution >= 4 is 71.0 Å². The summed E-state index contributed by atoms with van der Waals surface area (Å²) >= 11 is -3.40. The first-order valence-corrected chi connectivity index (χ1v) is 22.3. The summed E-state index contributed by atoms with van der Waals surface area (Å²) in [5, 5.41) is 0. The van der Waals surface area contributed by atoms with Gasteiger partial charge in [-0.1, -0.05) is 0 Å². The first-order valence-electron chi connectivity index (χ1n) is 18.1. The van der Waals surface area contributed by atoms with Crippen LogP contribution in [0.3, 0.4) is 0 Å². The quantitative estimate of drug-likeness (QED) is 0.165. The minimum atomic E-state index is -3.40. The molecule has 0 saturated heterocycles. The van der Waals surface area contributed by atoms with Crippen LogP contribution in [-0.2, 0) is 0 Å². The number of fused-ring (bicyclic) bond motifs is 2. The molecule has 248 valence electrons. The molecule has 1 aliphatic rings. The van der Waals surface area contributed by atoms with Crippen LogP contribution in [0.5, 0.6) is 0 Å². The van der Waals surface area contributed by atoms with Gasteiger partial charge in [-0.3, -0.25) is 0 Å². The molecule has 7 aromatic carbocycles. The monoisotopic (exact) mass is 719 g/mol. The average molecular weight is 718 g/mol. The van der Waals surface area contributed by atoms with E-state index in [9.17, 15) is 0 Å². The summed E-state index contributed by atoms with van der Waals surface area (Å²) in [5.41, 5.74) is 15.9. The molecule has 0 unspecified atom stereocenters. The number of benzene rings is 7. The molecule has 0 aliphatic carbocycles. The molecular weight excluding hydrogens is 674 g/mol. The number of anilines is 3. The summed E-state index contributed by atoms with van der Waals surface area (Å²) in [7, 11) is 0. The summed E-state index contributed by atoms with van der Waals surface area (Å²) in [6, 6.07) is 59.9. The normalized spacial score (nSPS) is 13.0. The van der Waals surface area contributed by atoms with Crippen LogP contribution < -0.4 is 38.9 Å². The van der Waals surface area contributed by atoms with Gasteiger partial charge in [-0.05, 0) is 13.8 Å². The molecule has 3 heteroatoms. The Labute approximate surface area is 307 Å². The Hall–Kier alpha value is -5.05. The molecule has 0 bridgehead atoms. The van der Waals surface area contributed by atoms with Crippen molar-refractivity contribution < 1.29 is 0 Å². The minimum absolute atomic E-state index is 0.139. The molecule has 0 spiro atoms. The topological polar surface area (TPSA) is 3.24 Å². The maximum atomic E-state index is 2.52. The van der Waals surface area contributed by atoms with E-state index in [0.717, 1.165) is 0 Å². The van der Waals surface area contributed by atoms with E-state index in [1.54, 1.807) is 0 Å². The van der Waals surface area contributed by atoms with Gasteiger partial charge in [0.1, 0.15) is 0 Å². The second kappa shape index (κ2) is 13.2.